The summed E-state index contributed by atoms with van der Waals surface area (Å²) in [5, 5.41) is 3.04. The van der Waals surface area contributed by atoms with Crippen LogP contribution in [-0.2, 0) is 19.0 Å². The number of benzene rings is 1. The molecule has 0 spiro atoms. The number of halogens is 1. The van der Waals surface area contributed by atoms with Crippen LogP contribution in [0.3, 0.4) is 0 Å². The summed E-state index contributed by atoms with van der Waals surface area (Å²) >= 11 is 0. The number of hydrogen-bond acceptors (Lipinski definition) is 5. The van der Waals surface area contributed by atoms with Crippen molar-refractivity contribution in [3.63, 3.8) is 0 Å². The van der Waals surface area contributed by atoms with E-state index in [2.05, 4.69) is 5.32 Å². The zero-order valence-corrected chi connectivity index (χ0v) is 21.8. The monoisotopic (exact) mass is 504 g/mol. The first-order chi connectivity index (χ1) is 17.2. The molecule has 1 N–H and O–H groups in total. The number of rotatable bonds is 6. The maximum atomic E-state index is 13.6. The second-order valence-corrected chi connectivity index (χ2v) is 11.5. The summed E-state index contributed by atoms with van der Waals surface area (Å²) in [7, 11) is 0. The minimum Gasteiger partial charge on any atom is -0.444 e. The van der Waals surface area contributed by atoms with Gasteiger partial charge in [-0.15, -0.1) is 0 Å². The third-order valence-corrected chi connectivity index (χ3v) is 7.57. The highest BCUT2D eigenvalue weighted by molar-refractivity contribution is 5.79. The van der Waals surface area contributed by atoms with Crippen LogP contribution in [-0.4, -0.2) is 67.6 Å². The van der Waals surface area contributed by atoms with Gasteiger partial charge in [0.25, 0.3) is 0 Å². The van der Waals surface area contributed by atoms with Gasteiger partial charge in [-0.2, -0.15) is 0 Å². The quantitative estimate of drug-likeness (QED) is 0.611. The number of nitrogens with zero attached hydrogens (tertiary/aromatic N) is 1. The Labute approximate surface area is 214 Å². The van der Waals surface area contributed by atoms with Crippen molar-refractivity contribution in [2.45, 2.75) is 83.0 Å². The molecule has 1 aliphatic carbocycles. The third-order valence-electron chi connectivity index (χ3n) is 7.57. The van der Waals surface area contributed by atoms with Gasteiger partial charge in [-0.3, -0.25) is 4.79 Å². The summed E-state index contributed by atoms with van der Waals surface area (Å²) in [6, 6.07) is 6.79. The molecular weight excluding hydrogens is 463 g/mol. The third kappa shape index (κ3) is 7.42. The number of likely N-dealkylation sites (tertiary alicyclic amines) is 1. The van der Waals surface area contributed by atoms with Crippen molar-refractivity contribution in [3.8, 4) is 0 Å². The molecule has 2 aliphatic heterocycles. The van der Waals surface area contributed by atoms with E-state index in [-0.39, 0.29) is 35.7 Å². The Morgan fingerprint density at radius 2 is 1.92 bits per heavy atom. The Kier molecular flexibility index (Phi) is 8.88. The summed E-state index contributed by atoms with van der Waals surface area (Å²) in [5.74, 6) is 0.232. The van der Waals surface area contributed by atoms with Gasteiger partial charge < -0.3 is 24.4 Å². The molecule has 1 saturated carbocycles. The van der Waals surface area contributed by atoms with Gasteiger partial charge >= 0.3 is 6.09 Å². The highest BCUT2D eigenvalue weighted by Crippen LogP contribution is 2.35. The predicted molar refractivity (Wildman–Crippen MR) is 134 cm³/mol. The zero-order chi connectivity index (χ0) is 25.7. The molecule has 2 heterocycles. The fourth-order valence-electron chi connectivity index (χ4n) is 5.62. The molecule has 2 unspecified atom stereocenters. The van der Waals surface area contributed by atoms with Crippen LogP contribution in [0.1, 0.15) is 70.8 Å². The van der Waals surface area contributed by atoms with Crippen molar-refractivity contribution >= 4 is 12.0 Å². The topological polar surface area (TPSA) is 77.1 Å². The smallest absolute Gasteiger partial charge is 0.407 e. The minimum absolute atomic E-state index is 0.0153. The molecule has 1 aromatic carbocycles. The lowest BCUT2D eigenvalue weighted by Gasteiger charge is -2.40. The lowest BCUT2D eigenvalue weighted by Crippen LogP contribution is -2.55. The lowest BCUT2D eigenvalue weighted by molar-refractivity contribution is -0.138. The van der Waals surface area contributed by atoms with Crippen LogP contribution >= 0.6 is 0 Å². The minimum atomic E-state index is -0.574. The first kappa shape index (κ1) is 26.9. The fraction of sp³-hybridized carbons (Fsp3) is 0.714. The molecule has 4 rings (SSSR count). The molecule has 8 heteroatoms. The standard InChI is InChI=1S/C28H41FN2O5/c1-28(2,3)36-27(33)30-25-11-13-31(26(32)21-12-14-34-17-21)16-22(25)18-35-24-9-7-19(8-10-24)20-5-4-6-23(29)15-20/h4-6,15,19,21-22,24-25H,7-14,16-18H2,1-3H3,(H,30,33)/t19-,21-,22?,24+,25?/m1/s1. The molecule has 2 amide bonds. The number of alkyl carbamates (subject to hydrolysis) is 1. The molecular formula is C28H41FN2O5. The van der Waals surface area contributed by atoms with Crippen molar-refractivity contribution in [2.75, 3.05) is 32.9 Å². The summed E-state index contributed by atoms with van der Waals surface area (Å²) < 4.78 is 30.9. The summed E-state index contributed by atoms with van der Waals surface area (Å²) in [5.41, 5.74) is 0.489. The number of hydrogen-bond donors (Lipinski definition) is 1. The number of amides is 2. The molecule has 0 aromatic heterocycles. The number of carbonyl (C=O) groups excluding carboxylic acids is 2. The van der Waals surface area contributed by atoms with Gasteiger partial charge in [-0.25, -0.2) is 9.18 Å². The zero-order valence-electron chi connectivity index (χ0n) is 21.8. The molecule has 2 saturated heterocycles. The summed E-state index contributed by atoms with van der Waals surface area (Å²) in [6.07, 6.45) is 4.89. The highest BCUT2D eigenvalue weighted by atomic mass is 19.1. The number of carbonyl (C=O) groups is 2. The average Bonchev–Trinajstić information content (AvgIpc) is 3.37. The van der Waals surface area contributed by atoms with E-state index in [9.17, 15) is 14.0 Å². The summed E-state index contributed by atoms with van der Waals surface area (Å²) in [4.78, 5) is 27.4. The van der Waals surface area contributed by atoms with E-state index in [0.29, 0.717) is 45.2 Å². The molecule has 3 fully saturated rings. The molecule has 200 valence electrons. The summed E-state index contributed by atoms with van der Waals surface area (Å²) in [6.45, 7) is 8.29. The second-order valence-electron chi connectivity index (χ2n) is 11.5. The fourth-order valence-corrected chi connectivity index (χ4v) is 5.62. The Bertz CT molecular complexity index is 890. The Balaban J connectivity index is 1.33. The molecule has 7 nitrogen and oxygen atoms in total. The van der Waals surface area contributed by atoms with E-state index < -0.39 is 11.7 Å². The highest BCUT2D eigenvalue weighted by Gasteiger charge is 2.37. The van der Waals surface area contributed by atoms with Crippen molar-refractivity contribution in [1.29, 1.82) is 0 Å². The van der Waals surface area contributed by atoms with Crippen LogP contribution < -0.4 is 5.32 Å². The molecule has 3 aliphatic rings. The van der Waals surface area contributed by atoms with E-state index >= 15 is 0 Å². The van der Waals surface area contributed by atoms with Crippen molar-refractivity contribution in [3.05, 3.63) is 35.6 Å². The normalized spacial score (nSPS) is 29.1. The first-order valence-electron chi connectivity index (χ1n) is 13.4. The van der Waals surface area contributed by atoms with Crippen LogP contribution in [0.25, 0.3) is 0 Å². The maximum absolute atomic E-state index is 13.6. The Hall–Kier alpha value is -2.19. The van der Waals surface area contributed by atoms with Gasteiger partial charge in [-0.05, 0) is 82.9 Å². The van der Waals surface area contributed by atoms with E-state index in [1.54, 1.807) is 12.1 Å². The number of piperidine rings is 1. The van der Waals surface area contributed by atoms with Crippen molar-refractivity contribution in [1.82, 2.24) is 10.2 Å². The van der Waals surface area contributed by atoms with Gasteiger partial charge in [0, 0.05) is 31.7 Å². The van der Waals surface area contributed by atoms with Gasteiger partial charge in [0.2, 0.25) is 5.91 Å². The van der Waals surface area contributed by atoms with Crippen LogP contribution in [0, 0.1) is 17.7 Å². The van der Waals surface area contributed by atoms with E-state index in [1.165, 1.54) is 6.07 Å². The van der Waals surface area contributed by atoms with E-state index in [0.717, 1.165) is 37.7 Å². The van der Waals surface area contributed by atoms with E-state index in [1.807, 2.05) is 31.7 Å². The predicted octanol–water partition coefficient (Wildman–Crippen LogP) is 4.65. The van der Waals surface area contributed by atoms with Gasteiger partial charge in [0.1, 0.15) is 11.4 Å². The number of nitrogens with one attached hydrogen (secondary N) is 1. The van der Waals surface area contributed by atoms with Crippen molar-refractivity contribution < 1.29 is 28.2 Å². The van der Waals surface area contributed by atoms with Gasteiger partial charge in [-0.1, -0.05) is 12.1 Å². The second kappa shape index (κ2) is 11.9. The van der Waals surface area contributed by atoms with Crippen LogP contribution in [0.2, 0.25) is 0 Å². The molecule has 0 radical (unpaired) electrons. The Morgan fingerprint density at radius 1 is 1.14 bits per heavy atom. The average molecular weight is 505 g/mol. The first-order valence-corrected chi connectivity index (χ1v) is 13.4. The maximum Gasteiger partial charge on any atom is 0.407 e. The van der Waals surface area contributed by atoms with Crippen LogP contribution in [0.5, 0.6) is 0 Å². The van der Waals surface area contributed by atoms with E-state index in [4.69, 9.17) is 14.2 Å². The molecule has 3 atom stereocenters. The largest absolute Gasteiger partial charge is 0.444 e. The molecule has 36 heavy (non-hydrogen) atoms. The van der Waals surface area contributed by atoms with Crippen LogP contribution in [0.4, 0.5) is 9.18 Å². The van der Waals surface area contributed by atoms with Gasteiger partial charge in [0.15, 0.2) is 0 Å². The van der Waals surface area contributed by atoms with Gasteiger partial charge in [0.05, 0.1) is 25.2 Å². The molecule has 0 bridgehead atoms. The number of ether oxygens (including phenoxy) is 3. The Morgan fingerprint density at radius 3 is 2.58 bits per heavy atom. The lowest BCUT2D eigenvalue weighted by atomic mass is 9.82. The SMILES string of the molecule is CC(C)(C)OC(=O)NC1CCN(C(=O)[C@@H]2CCOC2)CC1CO[C@H]1CC[C@@H](c2cccc(F)c2)CC1. The van der Waals surface area contributed by atoms with Crippen molar-refractivity contribution in [2.24, 2.45) is 11.8 Å². The molecule has 1 aromatic rings. The van der Waals surface area contributed by atoms with Crippen LogP contribution in [0.15, 0.2) is 24.3 Å².